The van der Waals surface area contributed by atoms with E-state index in [1.165, 1.54) is 41.0 Å². The number of hydrogen-bond acceptors (Lipinski definition) is 12. The first kappa shape index (κ1) is 25.5. The first-order valence-corrected chi connectivity index (χ1v) is 16.7. The normalized spacial score (nSPS) is 17.5. The first-order valence-electron chi connectivity index (χ1n) is 5.72. The van der Waals surface area contributed by atoms with Gasteiger partial charge in [-0.3, -0.25) is 0 Å². The summed E-state index contributed by atoms with van der Waals surface area (Å²) in [6.45, 7) is 0. The predicted molar refractivity (Wildman–Crippen MR) is 95.1 cm³/mol. The van der Waals surface area contributed by atoms with Gasteiger partial charge >= 0.3 is 35.9 Å². The molecule has 0 amide bonds. The van der Waals surface area contributed by atoms with Gasteiger partial charge < -0.3 is 57.2 Å². The lowest BCUT2D eigenvalue weighted by Crippen LogP contribution is -2.88. The van der Waals surface area contributed by atoms with Crippen LogP contribution in [0.2, 0.25) is 3.91 Å². The highest BCUT2D eigenvalue weighted by Gasteiger charge is 2.84. The molecular formula is C2H24O12Si8. The molecule has 11 N–H and O–H groups in total. The van der Waals surface area contributed by atoms with E-state index in [0.717, 1.165) is 3.91 Å². The van der Waals surface area contributed by atoms with Gasteiger partial charge in [0.15, 0.2) is 0 Å². The van der Waals surface area contributed by atoms with Crippen LogP contribution in [0.25, 0.3) is 0 Å². The van der Waals surface area contributed by atoms with Gasteiger partial charge in [0.05, 0.1) is 0 Å². The summed E-state index contributed by atoms with van der Waals surface area (Å²) in [4.78, 5) is 97.0. The molecule has 0 spiro atoms. The molecule has 0 saturated heterocycles. The van der Waals surface area contributed by atoms with Crippen LogP contribution in [-0.4, -0.2) is 134 Å². The van der Waals surface area contributed by atoms with Crippen LogP contribution >= 0.6 is 0 Å². The third-order valence-electron chi connectivity index (χ3n) is 1.70. The van der Waals surface area contributed by atoms with E-state index in [1.807, 2.05) is 0 Å². The maximum Gasteiger partial charge on any atom is 0.534 e. The second-order valence-electron chi connectivity index (χ2n) is 6.03. The van der Waals surface area contributed by atoms with Gasteiger partial charge in [0, 0.05) is 0 Å². The van der Waals surface area contributed by atoms with Crippen LogP contribution in [0.15, 0.2) is 0 Å². The van der Waals surface area contributed by atoms with Gasteiger partial charge in [0.25, 0.3) is 4.47 Å². The van der Waals surface area contributed by atoms with Crippen molar-refractivity contribution in [2.75, 3.05) is 0 Å². The van der Waals surface area contributed by atoms with Gasteiger partial charge in [0.1, 0.15) is 0 Å². The molecule has 22 heavy (non-hydrogen) atoms. The fourth-order valence-electron chi connectivity index (χ4n) is 1.07. The summed E-state index contributed by atoms with van der Waals surface area (Å²) in [6, 6.07) is 0. The highest BCUT2D eigenvalue weighted by Crippen LogP contribution is 2.31. The Hall–Kier alpha value is 1.26. The third-order valence-corrected chi connectivity index (χ3v) is 12.2. The smallest absolute Gasteiger partial charge is 0.392 e. The van der Waals surface area contributed by atoms with Gasteiger partial charge in [-0.25, -0.2) is 0 Å². The van der Waals surface area contributed by atoms with Crippen molar-refractivity contribution in [1.29, 1.82) is 0 Å². The Bertz CT molecular complexity index is 291. The van der Waals surface area contributed by atoms with Crippen molar-refractivity contribution < 1.29 is 57.2 Å². The summed E-state index contributed by atoms with van der Waals surface area (Å²) >= 11 is 0. The lowest BCUT2D eigenvalue weighted by atomic mass is 11.6. The monoisotopic (exact) mass is 464 g/mol. The molecule has 136 valence electrons. The molecule has 0 aromatic heterocycles. The third kappa shape index (κ3) is 7.89. The Morgan fingerprint density at radius 1 is 0.636 bits per heavy atom. The van der Waals surface area contributed by atoms with Gasteiger partial charge in [-0.15, -0.1) is 0 Å². The molecule has 12 nitrogen and oxygen atoms in total. The molecule has 0 saturated carbocycles. The lowest BCUT2D eigenvalue weighted by molar-refractivity contribution is 0.00714. The molecule has 0 unspecified atom stereocenters. The molecule has 0 aromatic rings. The SMILES string of the molecule is O[SiH](O)OC([Si](O)(O)O)([Si](O)(O)O)[Si](O)(O)O.[SiH3]C([SiH3])([SiH3])[SiH3]. The molecular weight excluding hydrogens is 441 g/mol. The fourth-order valence-corrected chi connectivity index (χ4v) is 9.63. The van der Waals surface area contributed by atoms with E-state index in [4.69, 9.17) is 52.8 Å². The summed E-state index contributed by atoms with van der Waals surface area (Å²) in [6.07, 6.45) is 0. The molecule has 0 aliphatic carbocycles. The molecule has 0 aliphatic rings. The van der Waals surface area contributed by atoms with Crippen LogP contribution in [0.5, 0.6) is 0 Å². The minimum Gasteiger partial charge on any atom is -0.392 e. The van der Waals surface area contributed by atoms with E-state index >= 15 is 0 Å². The molecule has 0 heterocycles. The summed E-state index contributed by atoms with van der Waals surface area (Å²) in [7, 11) is -16.9. The van der Waals surface area contributed by atoms with E-state index in [-0.39, 0.29) is 0 Å². The van der Waals surface area contributed by atoms with Gasteiger partial charge in [-0.05, 0) is 41.0 Å². The molecule has 20 heteroatoms. The summed E-state index contributed by atoms with van der Waals surface area (Å²) in [5, 5.41) is 0. The van der Waals surface area contributed by atoms with Crippen LogP contribution in [0.4, 0.5) is 0 Å². The topological polar surface area (TPSA) is 232 Å². The summed E-state index contributed by atoms with van der Waals surface area (Å²) in [5.74, 6) is 0. The van der Waals surface area contributed by atoms with Gasteiger partial charge in [-0.1, -0.05) is 3.91 Å². The molecule has 0 bridgehead atoms. The first-order chi connectivity index (χ1) is 9.17. The minimum atomic E-state index is -6.15. The Balaban J connectivity index is 0. The lowest BCUT2D eigenvalue weighted by Gasteiger charge is -2.42. The molecule has 0 radical (unpaired) electrons. The predicted octanol–water partition coefficient (Wildman–Crippen LogP) is -12.7. The minimum absolute atomic E-state index is 1.06. The summed E-state index contributed by atoms with van der Waals surface area (Å²) < 4.78 is 0.585. The maximum absolute atomic E-state index is 8.88. The zero-order valence-corrected chi connectivity index (χ0v) is 24.6. The van der Waals surface area contributed by atoms with Crippen molar-refractivity contribution in [1.82, 2.24) is 0 Å². The summed E-state index contributed by atoms with van der Waals surface area (Å²) in [5.41, 5.74) is 0. The van der Waals surface area contributed by atoms with E-state index in [0.29, 0.717) is 0 Å². The van der Waals surface area contributed by atoms with Crippen LogP contribution in [0.1, 0.15) is 0 Å². The van der Waals surface area contributed by atoms with Crippen molar-refractivity contribution in [2.24, 2.45) is 0 Å². The largest absolute Gasteiger partial charge is 0.534 e. The Morgan fingerprint density at radius 3 is 0.864 bits per heavy atom. The zero-order chi connectivity index (χ0) is 18.8. The second-order valence-corrected chi connectivity index (χ2v) is 38.3. The average Bonchev–Trinajstić information content (AvgIpc) is 2.03. The molecule has 0 aromatic carbocycles. The van der Waals surface area contributed by atoms with Crippen molar-refractivity contribution in [3.63, 3.8) is 0 Å². The van der Waals surface area contributed by atoms with E-state index in [2.05, 4.69) is 4.43 Å². The van der Waals surface area contributed by atoms with Crippen molar-refractivity contribution in [3.8, 4) is 0 Å². The van der Waals surface area contributed by atoms with Crippen LogP contribution < -0.4 is 0 Å². The van der Waals surface area contributed by atoms with Crippen LogP contribution in [-0.2, 0) is 4.43 Å². The van der Waals surface area contributed by atoms with E-state index < -0.39 is 40.4 Å². The zero-order valence-electron chi connectivity index (χ0n) is 12.4. The van der Waals surface area contributed by atoms with Crippen LogP contribution in [0.3, 0.4) is 0 Å². The fraction of sp³-hybridized carbons (Fsp3) is 1.00. The maximum atomic E-state index is 8.88. The number of hydrogen-bond donors (Lipinski definition) is 11. The van der Waals surface area contributed by atoms with Gasteiger partial charge in [-0.2, -0.15) is 0 Å². The van der Waals surface area contributed by atoms with Crippen molar-refractivity contribution >= 4 is 76.9 Å². The van der Waals surface area contributed by atoms with Crippen LogP contribution in [0, 0.1) is 0 Å². The highest BCUT2D eigenvalue weighted by atomic mass is 28.5. The van der Waals surface area contributed by atoms with Crippen molar-refractivity contribution in [3.05, 3.63) is 0 Å². The molecule has 0 atom stereocenters. The van der Waals surface area contributed by atoms with E-state index in [9.17, 15) is 0 Å². The number of rotatable bonds is 5. The van der Waals surface area contributed by atoms with E-state index in [1.54, 1.807) is 0 Å². The molecule has 0 rings (SSSR count). The average molecular weight is 465 g/mol. The Kier molecular flexibility index (Phi) is 9.37. The standard InChI is InChI=1S/CH12O12Si4.CH12Si4/c2-14(3)13-1(15(4,5)6,16(7,8)9)17(10,11)12;2-1(3,4)5/h2-12,14H;2-5H3. The Labute approximate surface area is 142 Å². The molecule has 0 fully saturated rings. The second kappa shape index (κ2) is 8.09. The highest BCUT2D eigenvalue weighted by molar-refractivity contribution is 6.99. The quantitative estimate of drug-likeness (QED) is 0.170. The Morgan fingerprint density at radius 2 is 0.818 bits per heavy atom. The molecule has 0 aliphatic heterocycles. The van der Waals surface area contributed by atoms with Crippen molar-refractivity contribution in [2.45, 2.75) is 8.38 Å². The van der Waals surface area contributed by atoms with Gasteiger partial charge in [0.2, 0.25) is 0 Å².